The fourth-order valence-corrected chi connectivity index (χ4v) is 1.17. The van der Waals surface area contributed by atoms with Gasteiger partial charge in [-0.25, -0.2) is 4.79 Å². The molecule has 12 heavy (non-hydrogen) atoms. The molecule has 0 radical (unpaired) electrons. The summed E-state index contributed by atoms with van der Waals surface area (Å²) in [6.07, 6.45) is 1.71. The minimum absolute atomic E-state index is 0.0532. The van der Waals surface area contributed by atoms with Crippen LogP contribution in [0.2, 0.25) is 0 Å². The van der Waals surface area contributed by atoms with E-state index in [0.29, 0.717) is 5.57 Å². The first-order valence-electron chi connectivity index (χ1n) is 3.57. The number of aliphatic carboxylic acids is 1. The van der Waals surface area contributed by atoms with Crippen LogP contribution >= 0.6 is 0 Å². The van der Waals surface area contributed by atoms with E-state index in [9.17, 15) is 9.90 Å². The lowest BCUT2D eigenvalue weighted by atomic mass is 10.1. The number of hydrogen-bond acceptors (Lipinski definition) is 3. The Kier molecular flexibility index (Phi) is 2.08. The van der Waals surface area contributed by atoms with Gasteiger partial charge in [-0.2, -0.15) is 0 Å². The molecule has 0 aromatic heterocycles. The Balaban J connectivity index is 3.05. The van der Waals surface area contributed by atoms with Crippen molar-refractivity contribution in [2.45, 2.75) is 6.92 Å². The lowest BCUT2D eigenvalue weighted by Gasteiger charge is -2.21. The van der Waals surface area contributed by atoms with Crippen molar-refractivity contribution in [3.05, 3.63) is 23.1 Å². The van der Waals surface area contributed by atoms with Crippen molar-refractivity contribution >= 4 is 5.97 Å². The lowest BCUT2D eigenvalue weighted by molar-refractivity contribution is -0.133. The lowest BCUT2D eigenvalue weighted by Crippen LogP contribution is -2.25. The highest BCUT2D eigenvalue weighted by Crippen LogP contribution is 2.18. The maximum atomic E-state index is 10.6. The number of carbonyl (C=O) groups is 1. The van der Waals surface area contributed by atoms with Crippen LogP contribution in [0.3, 0.4) is 0 Å². The van der Waals surface area contributed by atoms with Gasteiger partial charge in [0.25, 0.3) is 0 Å². The molecule has 0 spiro atoms. The van der Waals surface area contributed by atoms with Crippen LogP contribution < -0.4 is 0 Å². The number of nitrogens with zero attached hydrogens (tertiary/aromatic N) is 1. The van der Waals surface area contributed by atoms with E-state index in [2.05, 4.69) is 0 Å². The number of allylic oxidation sites excluding steroid dienone is 1. The summed E-state index contributed by atoms with van der Waals surface area (Å²) in [5.74, 6) is -1.17. The van der Waals surface area contributed by atoms with Gasteiger partial charge in [0.05, 0.1) is 12.1 Å². The predicted octanol–water partition coefficient (Wildman–Crippen LogP) is 0.732. The van der Waals surface area contributed by atoms with Gasteiger partial charge in [-0.05, 0) is 6.92 Å². The van der Waals surface area contributed by atoms with E-state index in [1.165, 1.54) is 0 Å². The molecule has 2 N–H and O–H groups in total. The van der Waals surface area contributed by atoms with Crippen LogP contribution in [0.4, 0.5) is 0 Å². The largest absolute Gasteiger partial charge is 0.507 e. The molecular formula is C8H11NO3. The van der Waals surface area contributed by atoms with Gasteiger partial charge >= 0.3 is 5.97 Å². The van der Waals surface area contributed by atoms with Crippen molar-refractivity contribution in [3.8, 4) is 0 Å². The second-order valence-electron chi connectivity index (χ2n) is 2.86. The van der Waals surface area contributed by atoms with Crippen molar-refractivity contribution in [3.63, 3.8) is 0 Å². The SMILES string of the molecule is CC1=CN(C)CC(C(=O)O)=C1O. The number of aliphatic hydroxyl groups is 1. The minimum atomic E-state index is -1.06. The van der Waals surface area contributed by atoms with Crippen LogP contribution in [0, 0.1) is 0 Å². The van der Waals surface area contributed by atoms with Gasteiger partial charge in [0.2, 0.25) is 0 Å². The maximum Gasteiger partial charge on any atom is 0.337 e. The molecule has 1 aliphatic rings. The Hall–Kier alpha value is -1.45. The Morgan fingerprint density at radius 1 is 1.67 bits per heavy atom. The number of carboxylic acid groups (broad SMARTS) is 1. The Labute approximate surface area is 70.4 Å². The number of rotatable bonds is 1. The van der Waals surface area contributed by atoms with Gasteiger partial charge in [-0.1, -0.05) is 0 Å². The highest BCUT2D eigenvalue weighted by molar-refractivity contribution is 5.88. The molecule has 66 valence electrons. The van der Waals surface area contributed by atoms with Gasteiger partial charge < -0.3 is 15.1 Å². The first kappa shape index (κ1) is 8.64. The zero-order valence-electron chi connectivity index (χ0n) is 7.03. The smallest absolute Gasteiger partial charge is 0.337 e. The van der Waals surface area contributed by atoms with E-state index in [0.717, 1.165) is 0 Å². The van der Waals surface area contributed by atoms with E-state index in [4.69, 9.17) is 5.11 Å². The van der Waals surface area contributed by atoms with E-state index in [-0.39, 0.29) is 17.9 Å². The summed E-state index contributed by atoms with van der Waals surface area (Å²) < 4.78 is 0. The molecule has 1 aliphatic heterocycles. The van der Waals surface area contributed by atoms with Crippen LogP contribution in [0.15, 0.2) is 23.1 Å². The molecule has 0 amide bonds. The Morgan fingerprint density at radius 2 is 2.25 bits per heavy atom. The molecule has 0 aromatic carbocycles. The van der Waals surface area contributed by atoms with Crippen LogP contribution in [0.5, 0.6) is 0 Å². The van der Waals surface area contributed by atoms with Gasteiger partial charge in [0.15, 0.2) is 0 Å². The molecule has 4 heteroatoms. The number of hydrogen-bond donors (Lipinski definition) is 2. The Bertz CT molecular complexity index is 278. The van der Waals surface area contributed by atoms with Crippen molar-refractivity contribution in [2.75, 3.05) is 13.6 Å². The van der Waals surface area contributed by atoms with Crippen LogP contribution in [0.25, 0.3) is 0 Å². The van der Waals surface area contributed by atoms with E-state index in [1.54, 1.807) is 25.1 Å². The monoisotopic (exact) mass is 169 g/mol. The highest BCUT2D eigenvalue weighted by atomic mass is 16.4. The molecule has 0 atom stereocenters. The summed E-state index contributed by atoms with van der Waals surface area (Å²) in [5, 5.41) is 18.0. The fraction of sp³-hybridized carbons (Fsp3) is 0.375. The van der Waals surface area contributed by atoms with Gasteiger partial charge in [0, 0.05) is 18.8 Å². The van der Waals surface area contributed by atoms with Crippen LogP contribution in [-0.2, 0) is 4.79 Å². The van der Waals surface area contributed by atoms with E-state index < -0.39 is 5.97 Å². The average molecular weight is 169 g/mol. The molecule has 0 saturated heterocycles. The first-order chi connectivity index (χ1) is 5.52. The fourth-order valence-electron chi connectivity index (χ4n) is 1.17. The average Bonchev–Trinajstić information content (AvgIpc) is 1.96. The molecule has 0 fully saturated rings. The van der Waals surface area contributed by atoms with Crippen molar-refractivity contribution < 1.29 is 15.0 Å². The van der Waals surface area contributed by atoms with E-state index >= 15 is 0 Å². The third kappa shape index (κ3) is 1.42. The second kappa shape index (κ2) is 2.89. The molecule has 4 nitrogen and oxygen atoms in total. The third-order valence-electron chi connectivity index (χ3n) is 1.74. The summed E-state index contributed by atoms with van der Waals surface area (Å²) in [5.41, 5.74) is 0.638. The van der Waals surface area contributed by atoms with Gasteiger partial charge in [-0.15, -0.1) is 0 Å². The molecule has 1 heterocycles. The molecule has 0 aliphatic carbocycles. The quantitative estimate of drug-likeness (QED) is 0.607. The van der Waals surface area contributed by atoms with Gasteiger partial charge in [0.1, 0.15) is 5.76 Å². The summed E-state index contributed by atoms with van der Waals surface area (Å²) in [7, 11) is 1.76. The van der Waals surface area contributed by atoms with Crippen molar-refractivity contribution in [1.29, 1.82) is 0 Å². The molecular weight excluding hydrogens is 158 g/mol. The zero-order chi connectivity index (χ0) is 9.30. The number of aliphatic hydroxyl groups excluding tert-OH is 1. The number of likely N-dealkylation sites (N-methyl/N-ethyl adjacent to an activating group) is 1. The maximum absolute atomic E-state index is 10.6. The summed E-state index contributed by atoms with van der Waals surface area (Å²) in [6.45, 7) is 1.92. The van der Waals surface area contributed by atoms with Crippen molar-refractivity contribution in [1.82, 2.24) is 4.90 Å². The summed E-state index contributed by atoms with van der Waals surface area (Å²) in [4.78, 5) is 12.3. The molecule has 0 saturated carbocycles. The summed E-state index contributed by atoms with van der Waals surface area (Å²) in [6, 6.07) is 0. The molecule has 1 rings (SSSR count). The normalized spacial score (nSPS) is 17.8. The molecule has 0 aromatic rings. The molecule has 0 bridgehead atoms. The van der Waals surface area contributed by atoms with Gasteiger partial charge in [-0.3, -0.25) is 0 Å². The highest BCUT2D eigenvalue weighted by Gasteiger charge is 2.20. The van der Waals surface area contributed by atoms with E-state index in [1.807, 2.05) is 0 Å². The molecule has 0 unspecified atom stereocenters. The Morgan fingerprint density at radius 3 is 2.75 bits per heavy atom. The predicted molar refractivity (Wildman–Crippen MR) is 43.7 cm³/mol. The third-order valence-corrected chi connectivity index (χ3v) is 1.74. The van der Waals surface area contributed by atoms with Crippen LogP contribution in [0.1, 0.15) is 6.92 Å². The number of carboxylic acids is 1. The first-order valence-corrected chi connectivity index (χ1v) is 3.57. The second-order valence-corrected chi connectivity index (χ2v) is 2.86. The topological polar surface area (TPSA) is 60.8 Å². The summed E-state index contributed by atoms with van der Waals surface area (Å²) >= 11 is 0. The van der Waals surface area contributed by atoms with Crippen LogP contribution in [-0.4, -0.2) is 34.7 Å². The van der Waals surface area contributed by atoms with Crippen molar-refractivity contribution in [2.24, 2.45) is 0 Å². The standard InChI is InChI=1S/C8H11NO3/c1-5-3-9(2)4-6(7(5)10)8(11)12/h3,10H,4H2,1-2H3,(H,11,12). The zero-order valence-corrected chi connectivity index (χ0v) is 7.03. The minimum Gasteiger partial charge on any atom is -0.507 e.